The minimum atomic E-state index is -0.494. The number of carbonyl (C=O) groups excluding carboxylic acids is 2. The molecule has 1 saturated carbocycles. The van der Waals surface area contributed by atoms with Crippen molar-refractivity contribution in [2.45, 2.75) is 43.6 Å². The van der Waals surface area contributed by atoms with Gasteiger partial charge in [0.25, 0.3) is 5.91 Å². The van der Waals surface area contributed by atoms with E-state index in [2.05, 4.69) is 6.07 Å². The van der Waals surface area contributed by atoms with Gasteiger partial charge in [-0.3, -0.25) is 9.59 Å². The third kappa shape index (κ3) is 3.43. The highest BCUT2D eigenvalue weighted by Crippen LogP contribution is 2.66. The molecular formula is C29H27ClN2O2. The average Bonchev–Trinajstić information content (AvgIpc) is 3.59. The molecule has 0 N–H and O–H groups in total. The summed E-state index contributed by atoms with van der Waals surface area (Å²) in [7, 11) is 0. The van der Waals surface area contributed by atoms with E-state index in [1.807, 2.05) is 76.5 Å². The Morgan fingerprint density at radius 2 is 1.71 bits per heavy atom. The number of hydrogen-bond donors (Lipinski definition) is 0. The molecule has 2 aliphatic heterocycles. The van der Waals surface area contributed by atoms with E-state index >= 15 is 0 Å². The zero-order valence-electron chi connectivity index (χ0n) is 19.0. The Morgan fingerprint density at radius 1 is 0.941 bits per heavy atom. The van der Waals surface area contributed by atoms with Crippen molar-refractivity contribution in [3.63, 3.8) is 0 Å². The molecule has 2 atom stereocenters. The van der Waals surface area contributed by atoms with E-state index in [9.17, 15) is 9.59 Å². The van der Waals surface area contributed by atoms with Crippen LogP contribution < -0.4 is 4.90 Å². The van der Waals surface area contributed by atoms with Crippen LogP contribution in [0.5, 0.6) is 0 Å². The fourth-order valence-corrected chi connectivity index (χ4v) is 5.99. The number of rotatable bonds is 4. The normalized spacial score (nSPS) is 23.3. The Labute approximate surface area is 205 Å². The lowest BCUT2D eigenvalue weighted by Gasteiger charge is -2.27. The maximum Gasteiger partial charge on any atom is 0.253 e. The van der Waals surface area contributed by atoms with Crippen molar-refractivity contribution in [3.05, 3.63) is 100 Å². The number of anilines is 1. The van der Waals surface area contributed by atoms with E-state index in [0.717, 1.165) is 54.7 Å². The lowest BCUT2D eigenvalue weighted by atomic mass is 9.92. The largest absolute Gasteiger partial charge is 0.339 e. The molecule has 6 rings (SSSR count). The van der Waals surface area contributed by atoms with Crippen LogP contribution in [-0.4, -0.2) is 29.8 Å². The predicted molar refractivity (Wildman–Crippen MR) is 134 cm³/mol. The van der Waals surface area contributed by atoms with Gasteiger partial charge in [-0.2, -0.15) is 0 Å². The van der Waals surface area contributed by atoms with E-state index < -0.39 is 5.41 Å². The Morgan fingerprint density at radius 3 is 2.50 bits per heavy atom. The monoisotopic (exact) mass is 470 g/mol. The molecule has 4 nitrogen and oxygen atoms in total. The van der Waals surface area contributed by atoms with Gasteiger partial charge in [0.15, 0.2) is 0 Å². The van der Waals surface area contributed by atoms with Gasteiger partial charge in [0.1, 0.15) is 0 Å². The van der Waals surface area contributed by atoms with Crippen LogP contribution in [0, 0.1) is 0 Å². The maximum absolute atomic E-state index is 13.9. The number of amides is 2. The van der Waals surface area contributed by atoms with Crippen LogP contribution in [0.4, 0.5) is 5.69 Å². The maximum atomic E-state index is 13.9. The topological polar surface area (TPSA) is 40.6 Å². The second-order valence-electron chi connectivity index (χ2n) is 9.74. The quantitative estimate of drug-likeness (QED) is 0.473. The van der Waals surface area contributed by atoms with Crippen LogP contribution in [-0.2, 0) is 16.8 Å². The molecule has 3 aliphatic rings. The Balaban J connectivity index is 1.28. The first-order valence-electron chi connectivity index (χ1n) is 12.1. The standard InChI is InChI=1S/C29H27ClN2O2/c30-23-13-11-21(12-14-23)25-18-29(25)24-9-2-3-10-26(24)32(28(29)34)19-20-7-6-8-22(17-20)27(33)31-15-4-1-5-16-31/h2-3,6-14,17,25H,1,4-5,15-16,18-19H2/t25-,29-/m1/s1. The van der Waals surface area contributed by atoms with E-state index in [1.54, 1.807) is 0 Å². The molecule has 3 aromatic carbocycles. The molecule has 0 bridgehead atoms. The molecule has 2 heterocycles. The molecule has 3 aromatic rings. The molecular weight excluding hydrogens is 444 g/mol. The molecule has 5 heteroatoms. The minimum Gasteiger partial charge on any atom is -0.339 e. The minimum absolute atomic E-state index is 0.0937. The lowest BCUT2D eigenvalue weighted by Crippen LogP contribution is -2.35. The van der Waals surface area contributed by atoms with E-state index in [4.69, 9.17) is 11.6 Å². The van der Waals surface area contributed by atoms with Gasteiger partial charge in [-0.25, -0.2) is 0 Å². The van der Waals surface area contributed by atoms with Crippen molar-refractivity contribution in [3.8, 4) is 0 Å². The Kier molecular flexibility index (Phi) is 5.22. The highest BCUT2D eigenvalue weighted by molar-refractivity contribution is 6.30. The van der Waals surface area contributed by atoms with Gasteiger partial charge in [0.2, 0.25) is 5.91 Å². The Bertz CT molecular complexity index is 1270. The van der Waals surface area contributed by atoms with Gasteiger partial charge in [-0.15, -0.1) is 0 Å². The highest BCUT2D eigenvalue weighted by Gasteiger charge is 2.67. The smallest absolute Gasteiger partial charge is 0.253 e. The average molecular weight is 471 g/mol. The van der Waals surface area contributed by atoms with Crippen molar-refractivity contribution in [2.24, 2.45) is 0 Å². The predicted octanol–water partition coefficient (Wildman–Crippen LogP) is 5.94. The van der Waals surface area contributed by atoms with Gasteiger partial charge < -0.3 is 9.80 Å². The van der Waals surface area contributed by atoms with Crippen LogP contribution in [0.1, 0.15) is 58.6 Å². The first-order chi connectivity index (χ1) is 16.6. The number of fused-ring (bicyclic) bond motifs is 2. The number of piperidine rings is 1. The van der Waals surface area contributed by atoms with Crippen LogP contribution in [0.15, 0.2) is 72.8 Å². The van der Waals surface area contributed by atoms with E-state index in [-0.39, 0.29) is 17.7 Å². The van der Waals surface area contributed by atoms with Gasteiger partial charge >= 0.3 is 0 Å². The molecule has 172 valence electrons. The molecule has 2 amide bonds. The van der Waals surface area contributed by atoms with Crippen molar-refractivity contribution in [1.29, 1.82) is 0 Å². The summed E-state index contributed by atoms with van der Waals surface area (Å²) in [4.78, 5) is 30.8. The van der Waals surface area contributed by atoms with Gasteiger partial charge in [0.05, 0.1) is 12.0 Å². The summed E-state index contributed by atoms with van der Waals surface area (Å²) in [6.45, 7) is 2.12. The lowest BCUT2D eigenvalue weighted by molar-refractivity contribution is -0.120. The summed E-state index contributed by atoms with van der Waals surface area (Å²) < 4.78 is 0. The molecule has 1 spiro atoms. The third-order valence-electron chi connectivity index (χ3n) is 7.69. The third-order valence-corrected chi connectivity index (χ3v) is 7.95. The molecule has 1 saturated heterocycles. The van der Waals surface area contributed by atoms with Gasteiger partial charge in [0, 0.05) is 35.3 Å². The van der Waals surface area contributed by atoms with Crippen molar-refractivity contribution < 1.29 is 9.59 Å². The van der Waals surface area contributed by atoms with Gasteiger partial charge in [-0.1, -0.05) is 54.1 Å². The molecule has 2 fully saturated rings. The summed E-state index contributed by atoms with van der Waals surface area (Å²) in [6, 6.07) is 23.8. The first-order valence-corrected chi connectivity index (χ1v) is 12.5. The van der Waals surface area contributed by atoms with Crippen LogP contribution in [0.25, 0.3) is 0 Å². The van der Waals surface area contributed by atoms with Crippen molar-refractivity contribution >= 4 is 29.1 Å². The van der Waals surface area contributed by atoms with Crippen LogP contribution >= 0.6 is 11.6 Å². The number of likely N-dealkylation sites (tertiary alicyclic amines) is 1. The summed E-state index contributed by atoms with van der Waals surface area (Å²) in [6.07, 6.45) is 4.15. The summed E-state index contributed by atoms with van der Waals surface area (Å²) >= 11 is 6.09. The van der Waals surface area contributed by atoms with Crippen LogP contribution in [0.2, 0.25) is 5.02 Å². The van der Waals surface area contributed by atoms with Gasteiger partial charge in [-0.05, 0) is 72.7 Å². The SMILES string of the molecule is O=C(c1cccc(CN2C(=O)[C@]3(C[C@@H]3c3ccc(Cl)cc3)c3ccccc32)c1)N1CCCCC1. The molecule has 0 radical (unpaired) electrons. The number of halogens is 1. The number of benzene rings is 3. The number of carbonyl (C=O) groups is 2. The molecule has 0 unspecified atom stereocenters. The van der Waals surface area contributed by atoms with Crippen molar-refractivity contribution in [2.75, 3.05) is 18.0 Å². The summed E-state index contributed by atoms with van der Waals surface area (Å²) in [5.41, 5.74) is 4.44. The van der Waals surface area contributed by atoms with E-state index in [1.165, 1.54) is 6.42 Å². The Hall–Kier alpha value is -3.11. The molecule has 1 aliphatic carbocycles. The zero-order valence-corrected chi connectivity index (χ0v) is 19.8. The zero-order chi connectivity index (χ0) is 23.3. The van der Waals surface area contributed by atoms with E-state index in [0.29, 0.717) is 17.1 Å². The fraction of sp³-hybridized carbons (Fsp3) is 0.310. The summed E-state index contributed by atoms with van der Waals surface area (Å²) in [5, 5.41) is 0.706. The number of hydrogen-bond acceptors (Lipinski definition) is 2. The summed E-state index contributed by atoms with van der Waals surface area (Å²) in [5.74, 6) is 0.410. The number of para-hydroxylation sites is 1. The highest BCUT2D eigenvalue weighted by atomic mass is 35.5. The second-order valence-corrected chi connectivity index (χ2v) is 10.2. The first kappa shape index (κ1) is 21.4. The van der Waals surface area contributed by atoms with Crippen LogP contribution in [0.3, 0.4) is 0 Å². The molecule has 34 heavy (non-hydrogen) atoms. The second kappa shape index (κ2) is 8.28. The van der Waals surface area contributed by atoms with Crippen molar-refractivity contribution in [1.82, 2.24) is 4.90 Å². The number of nitrogens with zero attached hydrogens (tertiary/aromatic N) is 2. The fourth-order valence-electron chi connectivity index (χ4n) is 5.87. The molecule has 0 aromatic heterocycles.